The van der Waals surface area contributed by atoms with Gasteiger partial charge in [-0.3, -0.25) is 0 Å². The Morgan fingerprint density at radius 2 is 2.26 bits per heavy atom. The molecule has 1 aromatic heterocycles. The molecule has 1 aliphatic heterocycles. The molecule has 0 saturated heterocycles. The van der Waals surface area contributed by atoms with Crippen molar-refractivity contribution < 1.29 is 13.2 Å². The monoisotopic (exact) mass is 287 g/mol. The van der Waals surface area contributed by atoms with E-state index in [0.717, 1.165) is 12.2 Å². The zero-order chi connectivity index (χ0) is 13.9. The van der Waals surface area contributed by atoms with E-state index in [2.05, 4.69) is 4.98 Å². The number of rotatable bonds is 5. The van der Waals surface area contributed by atoms with E-state index in [9.17, 15) is 8.42 Å². The molecule has 2 rings (SSSR count). The van der Waals surface area contributed by atoms with Gasteiger partial charge in [0.2, 0.25) is 10.0 Å². The number of methoxy groups -OCH3 is 1. The molecule has 1 atom stereocenters. The molecular formula is C12H21N3O3S. The Kier molecular flexibility index (Phi) is 4.59. The first kappa shape index (κ1) is 14.5. The zero-order valence-electron chi connectivity index (χ0n) is 11.4. The lowest BCUT2D eigenvalue weighted by atomic mass is 10.1. The van der Waals surface area contributed by atoms with E-state index < -0.39 is 10.0 Å². The van der Waals surface area contributed by atoms with E-state index >= 15 is 0 Å². The van der Waals surface area contributed by atoms with Crippen LogP contribution in [-0.4, -0.2) is 48.3 Å². The van der Waals surface area contributed by atoms with Gasteiger partial charge in [0.25, 0.3) is 0 Å². The number of fused-ring (bicyclic) bond motifs is 1. The smallest absolute Gasteiger partial charge is 0.214 e. The Hall–Kier alpha value is -0.920. The van der Waals surface area contributed by atoms with Crippen molar-refractivity contribution in [1.82, 2.24) is 13.9 Å². The third kappa shape index (κ3) is 3.34. The second kappa shape index (κ2) is 6.02. The van der Waals surface area contributed by atoms with E-state index in [1.54, 1.807) is 23.9 Å². The third-order valence-corrected chi connectivity index (χ3v) is 5.30. The van der Waals surface area contributed by atoms with Gasteiger partial charge in [0.05, 0.1) is 30.9 Å². The summed E-state index contributed by atoms with van der Waals surface area (Å²) in [6.45, 7) is 4.10. The lowest BCUT2D eigenvalue weighted by molar-refractivity contribution is 0.134. The Labute approximate surface area is 114 Å². The Morgan fingerprint density at radius 3 is 2.95 bits per heavy atom. The Bertz CT molecular complexity index is 512. The van der Waals surface area contributed by atoms with Crippen LogP contribution < -0.4 is 0 Å². The van der Waals surface area contributed by atoms with Crippen LogP contribution in [0.15, 0.2) is 12.5 Å². The molecule has 0 N–H and O–H groups in total. The first-order valence-corrected chi connectivity index (χ1v) is 8.13. The van der Waals surface area contributed by atoms with Gasteiger partial charge in [-0.15, -0.1) is 0 Å². The zero-order valence-corrected chi connectivity index (χ0v) is 12.3. The van der Waals surface area contributed by atoms with Gasteiger partial charge in [-0.2, -0.15) is 4.31 Å². The van der Waals surface area contributed by atoms with Gasteiger partial charge in [0.1, 0.15) is 0 Å². The maximum absolute atomic E-state index is 12.3. The fraction of sp³-hybridized carbons (Fsp3) is 0.750. The van der Waals surface area contributed by atoms with Crippen LogP contribution >= 0.6 is 0 Å². The highest BCUT2D eigenvalue weighted by Gasteiger charge is 2.29. The predicted molar refractivity (Wildman–Crippen MR) is 72.1 cm³/mol. The van der Waals surface area contributed by atoms with Crippen molar-refractivity contribution in [3.05, 3.63) is 18.2 Å². The van der Waals surface area contributed by atoms with Gasteiger partial charge in [-0.05, 0) is 6.42 Å². The van der Waals surface area contributed by atoms with Crippen LogP contribution in [0.3, 0.4) is 0 Å². The first-order valence-electron chi connectivity index (χ1n) is 6.52. The van der Waals surface area contributed by atoms with E-state index in [1.165, 1.54) is 0 Å². The summed E-state index contributed by atoms with van der Waals surface area (Å²) in [4.78, 5) is 4.10. The quantitative estimate of drug-likeness (QED) is 0.800. The van der Waals surface area contributed by atoms with Crippen LogP contribution in [0.2, 0.25) is 0 Å². The molecule has 1 aromatic rings. The normalized spacial score (nSPS) is 21.1. The van der Waals surface area contributed by atoms with E-state index in [-0.39, 0.29) is 11.7 Å². The van der Waals surface area contributed by atoms with Crippen LogP contribution in [0, 0.1) is 5.92 Å². The summed E-state index contributed by atoms with van der Waals surface area (Å²) in [5.74, 6) is 0.355. The number of imidazole rings is 1. The summed E-state index contributed by atoms with van der Waals surface area (Å²) in [6.07, 6.45) is 4.13. The molecule has 0 spiro atoms. The standard InChI is InChI=1S/C12H21N3O3S/c1-3-4-19(16,17)15-7-11(9-18-2)6-14-10-13-5-12(14)8-15/h5,10-11H,3-4,6-9H2,1-2H3. The first-order chi connectivity index (χ1) is 9.06. The summed E-state index contributed by atoms with van der Waals surface area (Å²) < 4.78 is 33.3. The van der Waals surface area contributed by atoms with Crippen molar-refractivity contribution in [1.29, 1.82) is 0 Å². The average Bonchev–Trinajstić information content (AvgIpc) is 2.68. The largest absolute Gasteiger partial charge is 0.384 e. The molecule has 0 amide bonds. The molecule has 7 heteroatoms. The number of hydrogen-bond acceptors (Lipinski definition) is 4. The lowest BCUT2D eigenvalue weighted by Crippen LogP contribution is -2.36. The number of nitrogens with zero attached hydrogens (tertiary/aromatic N) is 3. The van der Waals surface area contributed by atoms with E-state index in [4.69, 9.17) is 4.74 Å². The Morgan fingerprint density at radius 1 is 1.47 bits per heavy atom. The highest BCUT2D eigenvalue weighted by Crippen LogP contribution is 2.19. The molecule has 0 aliphatic carbocycles. The molecule has 1 aliphatic rings. The molecule has 6 nitrogen and oxygen atoms in total. The highest BCUT2D eigenvalue weighted by molar-refractivity contribution is 7.89. The van der Waals surface area contributed by atoms with Crippen LogP contribution in [0.1, 0.15) is 19.0 Å². The molecule has 0 radical (unpaired) electrons. The van der Waals surface area contributed by atoms with Crippen LogP contribution in [0.4, 0.5) is 0 Å². The summed E-state index contributed by atoms with van der Waals surface area (Å²) in [6, 6.07) is 0. The van der Waals surface area contributed by atoms with Crippen LogP contribution in [0.25, 0.3) is 0 Å². The molecule has 19 heavy (non-hydrogen) atoms. The van der Waals surface area contributed by atoms with Crippen molar-refractivity contribution in [3.63, 3.8) is 0 Å². The van der Waals surface area contributed by atoms with Crippen LogP contribution in [-0.2, 0) is 27.8 Å². The summed E-state index contributed by atoms with van der Waals surface area (Å²) in [5.41, 5.74) is 0.943. The number of ether oxygens (including phenoxy) is 1. The summed E-state index contributed by atoms with van der Waals surface area (Å²) in [5, 5.41) is 0. The van der Waals surface area contributed by atoms with Crippen molar-refractivity contribution in [3.8, 4) is 0 Å². The number of aromatic nitrogens is 2. The SMILES string of the molecule is CCCS(=O)(=O)N1Cc2cncn2CC(COC)C1. The van der Waals surface area contributed by atoms with Gasteiger partial charge in [0.15, 0.2) is 0 Å². The fourth-order valence-electron chi connectivity index (χ4n) is 2.45. The molecule has 1 unspecified atom stereocenters. The summed E-state index contributed by atoms with van der Waals surface area (Å²) in [7, 11) is -1.55. The van der Waals surface area contributed by atoms with Crippen molar-refractivity contribution in [2.45, 2.75) is 26.4 Å². The minimum atomic E-state index is -3.19. The topological polar surface area (TPSA) is 64.4 Å². The number of sulfonamides is 1. The second-order valence-corrected chi connectivity index (χ2v) is 7.06. The molecule has 0 fully saturated rings. The molecular weight excluding hydrogens is 266 g/mol. The average molecular weight is 287 g/mol. The number of hydrogen-bond donors (Lipinski definition) is 0. The van der Waals surface area contributed by atoms with Gasteiger partial charge in [-0.1, -0.05) is 6.92 Å². The fourth-order valence-corrected chi connectivity index (χ4v) is 3.99. The van der Waals surface area contributed by atoms with Gasteiger partial charge in [-0.25, -0.2) is 13.4 Å². The molecule has 0 aromatic carbocycles. The Balaban J connectivity index is 2.25. The lowest BCUT2D eigenvalue weighted by Gasteiger charge is -2.23. The second-order valence-electron chi connectivity index (χ2n) is 4.97. The third-order valence-electron chi connectivity index (χ3n) is 3.31. The maximum atomic E-state index is 12.3. The van der Waals surface area contributed by atoms with Gasteiger partial charge < -0.3 is 9.30 Å². The maximum Gasteiger partial charge on any atom is 0.214 e. The van der Waals surface area contributed by atoms with Crippen molar-refractivity contribution >= 4 is 10.0 Å². The minimum Gasteiger partial charge on any atom is -0.384 e. The van der Waals surface area contributed by atoms with E-state index in [1.807, 2.05) is 11.5 Å². The van der Waals surface area contributed by atoms with Gasteiger partial charge in [0, 0.05) is 32.3 Å². The highest BCUT2D eigenvalue weighted by atomic mass is 32.2. The van der Waals surface area contributed by atoms with Crippen molar-refractivity contribution in [2.75, 3.05) is 26.0 Å². The van der Waals surface area contributed by atoms with Crippen LogP contribution in [0.5, 0.6) is 0 Å². The summed E-state index contributed by atoms with van der Waals surface area (Å²) >= 11 is 0. The van der Waals surface area contributed by atoms with Crippen molar-refractivity contribution in [2.24, 2.45) is 5.92 Å². The molecule has 108 valence electrons. The minimum absolute atomic E-state index is 0.159. The molecule has 2 heterocycles. The van der Waals surface area contributed by atoms with E-state index in [0.29, 0.717) is 26.1 Å². The molecule has 0 bridgehead atoms. The van der Waals surface area contributed by atoms with Gasteiger partial charge >= 0.3 is 0 Å². The molecule has 0 saturated carbocycles. The predicted octanol–water partition coefficient (Wildman–Crippen LogP) is 0.701.